The van der Waals surface area contributed by atoms with Gasteiger partial charge in [0.15, 0.2) is 0 Å². The molecule has 3 aromatic rings. The average molecular weight is 317 g/mol. The molecule has 0 aliphatic rings. The zero-order chi connectivity index (χ0) is 15.9. The number of fused-ring (bicyclic) bond motifs is 1. The van der Waals surface area contributed by atoms with Gasteiger partial charge in [-0.25, -0.2) is 8.78 Å². The maximum absolute atomic E-state index is 14.3. The summed E-state index contributed by atoms with van der Waals surface area (Å²) >= 11 is 1.49. The van der Waals surface area contributed by atoms with Crippen LogP contribution in [0.4, 0.5) is 8.78 Å². The van der Waals surface area contributed by atoms with Gasteiger partial charge in [0.25, 0.3) is 5.56 Å². The number of nitrogens with zero attached hydrogens (tertiary/aromatic N) is 1. The molecular formula is C17H13F2NOS. The molecule has 0 saturated heterocycles. The Bertz CT molecular complexity index is 934. The van der Waals surface area contributed by atoms with Crippen LogP contribution in [-0.4, -0.2) is 10.8 Å². The van der Waals surface area contributed by atoms with Crippen molar-refractivity contribution in [3.05, 3.63) is 64.6 Å². The highest BCUT2D eigenvalue weighted by Crippen LogP contribution is 2.32. The van der Waals surface area contributed by atoms with E-state index < -0.39 is 11.6 Å². The van der Waals surface area contributed by atoms with Crippen LogP contribution in [-0.2, 0) is 7.05 Å². The summed E-state index contributed by atoms with van der Waals surface area (Å²) < 4.78 is 29.3. The van der Waals surface area contributed by atoms with E-state index >= 15 is 0 Å². The molecule has 22 heavy (non-hydrogen) atoms. The highest BCUT2D eigenvalue weighted by molar-refractivity contribution is 7.98. The standard InChI is InChI=1S/C17H13F2NOS/c1-20-9-15(14-8-11(22-2)4-6-16(14)19)13-7-10(18)3-5-12(13)17(20)21/h3-9H,1-2H3. The van der Waals surface area contributed by atoms with Crippen LogP contribution in [0.5, 0.6) is 0 Å². The van der Waals surface area contributed by atoms with Gasteiger partial charge >= 0.3 is 0 Å². The van der Waals surface area contributed by atoms with Crippen molar-refractivity contribution in [2.45, 2.75) is 4.90 Å². The Morgan fingerprint density at radius 1 is 1.00 bits per heavy atom. The van der Waals surface area contributed by atoms with Gasteiger partial charge in [-0.15, -0.1) is 11.8 Å². The molecule has 0 N–H and O–H groups in total. The summed E-state index contributed by atoms with van der Waals surface area (Å²) in [6, 6.07) is 8.74. The van der Waals surface area contributed by atoms with Crippen LogP contribution in [0.3, 0.4) is 0 Å². The lowest BCUT2D eigenvalue weighted by Crippen LogP contribution is -2.16. The van der Waals surface area contributed by atoms with Gasteiger partial charge in [0.1, 0.15) is 11.6 Å². The SMILES string of the molecule is CSc1ccc(F)c(-c2cn(C)c(=O)c3ccc(F)cc23)c1. The summed E-state index contributed by atoms with van der Waals surface area (Å²) in [7, 11) is 1.60. The second-order valence-corrected chi connectivity index (χ2v) is 5.87. The molecule has 0 unspecified atom stereocenters. The Kier molecular flexibility index (Phi) is 3.74. The first-order chi connectivity index (χ1) is 10.5. The maximum atomic E-state index is 14.3. The molecule has 0 aliphatic carbocycles. The molecule has 1 aromatic heterocycles. The first-order valence-corrected chi connectivity index (χ1v) is 7.86. The molecule has 0 fully saturated rings. The normalized spacial score (nSPS) is 11.1. The van der Waals surface area contributed by atoms with E-state index in [1.165, 1.54) is 40.6 Å². The number of hydrogen-bond acceptors (Lipinski definition) is 2. The zero-order valence-electron chi connectivity index (χ0n) is 12.1. The summed E-state index contributed by atoms with van der Waals surface area (Å²) in [5, 5.41) is 0.788. The molecule has 0 amide bonds. The van der Waals surface area contributed by atoms with Gasteiger partial charge in [-0.3, -0.25) is 4.79 Å². The number of hydrogen-bond donors (Lipinski definition) is 0. The lowest BCUT2D eigenvalue weighted by atomic mass is 10.00. The number of halogens is 2. The smallest absolute Gasteiger partial charge is 0.258 e. The average Bonchev–Trinajstić information content (AvgIpc) is 2.51. The molecule has 0 saturated carbocycles. The van der Waals surface area contributed by atoms with E-state index in [0.29, 0.717) is 21.9 Å². The van der Waals surface area contributed by atoms with Crippen molar-refractivity contribution in [2.24, 2.45) is 7.05 Å². The number of pyridine rings is 1. The Morgan fingerprint density at radius 2 is 1.77 bits per heavy atom. The Balaban J connectivity index is 2.43. The van der Waals surface area contributed by atoms with Crippen molar-refractivity contribution in [3.63, 3.8) is 0 Å². The topological polar surface area (TPSA) is 22.0 Å². The summed E-state index contributed by atoms with van der Waals surface area (Å²) in [5.74, 6) is -0.856. The third-order valence-electron chi connectivity index (χ3n) is 3.61. The van der Waals surface area contributed by atoms with Crippen LogP contribution in [0.1, 0.15) is 0 Å². The molecule has 2 nitrogen and oxygen atoms in total. The van der Waals surface area contributed by atoms with Gasteiger partial charge in [-0.2, -0.15) is 0 Å². The van der Waals surface area contributed by atoms with Crippen LogP contribution in [0.2, 0.25) is 0 Å². The molecule has 2 aromatic carbocycles. The van der Waals surface area contributed by atoms with E-state index in [4.69, 9.17) is 0 Å². The van der Waals surface area contributed by atoms with Crippen LogP contribution < -0.4 is 5.56 Å². The van der Waals surface area contributed by atoms with Crippen molar-refractivity contribution in [1.29, 1.82) is 0 Å². The number of rotatable bonds is 2. The molecule has 3 rings (SSSR count). The van der Waals surface area contributed by atoms with Crippen molar-refractivity contribution < 1.29 is 8.78 Å². The molecule has 0 bridgehead atoms. The minimum atomic E-state index is -0.455. The molecule has 0 spiro atoms. The van der Waals surface area contributed by atoms with Crippen LogP contribution in [0.25, 0.3) is 21.9 Å². The Labute approximate surface area is 130 Å². The van der Waals surface area contributed by atoms with Crippen molar-refractivity contribution in [2.75, 3.05) is 6.26 Å². The largest absolute Gasteiger partial charge is 0.317 e. The minimum Gasteiger partial charge on any atom is -0.317 e. The number of thioether (sulfide) groups is 1. The van der Waals surface area contributed by atoms with Gasteiger partial charge in [0, 0.05) is 34.7 Å². The maximum Gasteiger partial charge on any atom is 0.258 e. The molecule has 0 radical (unpaired) electrons. The Morgan fingerprint density at radius 3 is 2.50 bits per heavy atom. The Hall–Kier alpha value is -2.14. The van der Waals surface area contributed by atoms with Gasteiger partial charge in [-0.05, 0) is 48.0 Å². The van der Waals surface area contributed by atoms with Crippen LogP contribution in [0.15, 0.2) is 52.3 Å². The molecule has 0 aliphatic heterocycles. The van der Waals surface area contributed by atoms with E-state index in [2.05, 4.69) is 0 Å². The lowest BCUT2D eigenvalue weighted by Gasteiger charge is -2.11. The first kappa shape index (κ1) is 14.8. The fourth-order valence-electron chi connectivity index (χ4n) is 2.49. The first-order valence-electron chi connectivity index (χ1n) is 6.64. The van der Waals surface area contributed by atoms with Crippen molar-refractivity contribution in [1.82, 2.24) is 4.57 Å². The summed E-state index contributed by atoms with van der Waals surface area (Å²) in [6.07, 6.45) is 3.45. The minimum absolute atomic E-state index is 0.236. The van der Waals surface area contributed by atoms with Gasteiger partial charge in [0.2, 0.25) is 0 Å². The molecule has 5 heteroatoms. The summed E-state index contributed by atoms with van der Waals surface area (Å²) in [4.78, 5) is 13.1. The van der Waals surface area contributed by atoms with E-state index in [-0.39, 0.29) is 5.56 Å². The predicted molar refractivity (Wildman–Crippen MR) is 86.3 cm³/mol. The molecule has 112 valence electrons. The van der Waals surface area contributed by atoms with E-state index in [9.17, 15) is 13.6 Å². The van der Waals surface area contributed by atoms with Gasteiger partial charge < -0.3 is 4.57 Å². The fourth-order valence-corrected chi connectivity index (χ4v) is 2.93. The summed E-state index contributed by atoms with van der Waals surface area (Å²) in [5.41, 5.74) is 0.628. The number of aromatic nitrogens is 1. The number of benzene rings is 2. The second-order valence-electron chi connectivity index (χ2n) is 4.99. The zero-order valence-corrected chi connectivity index (χ0v) is 12.9. The highest BCUT2D eigenvalue weighted by atomic mass is 32.2. The van der Waals surface area contributed by atoms with E-state index in [0.717, 1.165) is 4.90 Å². The number of aryl methyl sites for hydroxylation is 1. The monoisotopic (exact) mass is 317 g/mol. The third-order valence-corrected chi connectivity index (χ3v) is 4.33. The molecular weight excluding hydrogens is 304 g/mol. The highest BCUT2D eigenvalue weighted by Gasteiger charge is 2.14. The third kappa shape index (κ3) is 2.41. The fraction of sp³-hybridized carbons (Fsp3) is 0.118. The summed E-state index contributed by atoms with van der Waals surface area (Å²) in [6.45, 7) is 0. The molecule has 0 atom stereocenters. The van der Waals surface area contributed by atoms with Gasteiger partial charge in [0.05, 0.1) is 0 Å². The lowest BCUT2D eigenvalue weighted by molar-refractivity contribution is 0.628. The second kappa shape index (κ2) is 5.57. The van der Waals surface area contributed by atoms with E-state index in [1.807, 2.05) is 6.26 Å². The van der Waals surface area contributed by atoms with Crippen molar-refractivity contribution in [3.8, 4) is 11.1 Å². The quantitative estimate of drug-likeness (QED) is 0.661. The predicted octanol–water partition coefficient (Wildman–Crippen LogP) is 4.21. The van der Waals surface area contributed by atoms with Crippen molar-refractivity contribution >= 4 is 22.5 Å². The van der Waals surface area contributed by atoms with E-state index in [1.54, 1.807) is 25.4 Å². The van der Waals surface area contributed by atoms with Crippen LogP contribution >= 0.6 is 11.8 Å². The van der Waals surface area contributed by atoms with Gasteiger partial charge in [-0.1, -0.05) is 0 Å². The van der Waals surface area contributed by atoms with Crippen LogP contribution in [0, 0.1) is 11.6 Å². The molecule has 1 heterocycles.